The highest BCUT2D eigenvalue weighted by molar-refractivity contribution is 6.02. The topological polar surface area (TPSA) is 75.4 Å². The number of piperidine rings is 1. The summed E-state index contributed by atoms with van der Waals surface area (Å²) >= 11 is 0. The van der Waals surface area contributed by atoms with Crippen LogP contribution in [0, 0.1) is 6.92 Å². The molecule has 1 saturated heterocycles. The fourth-order valence-electron chi connectivity index (χ4n) is 3.15. The summed E-state index contributed by atoms with van der Waals surface area (Å²) in [6.45, 7) is 2.73. The Hall–Kier alpha value is -2.84. The van der Waals surface area contributed by atoms with Crippen LogP contribution < -0.4 is 5.32 Å². The van der Waals surface area contributed by atoms with Crippen LogP contribution in [0.1, 0.15) is 40.9 Å². The smallest absolute Gasteiger partial charge is 0.360 e. The van der Waals surface area contributed by atoms with Crippen molar-refractivity contribution < 1.29 is 27.3 Å². The van der Waals surface area contributed by atoms with E-state index in [4.69, 9.17) is 4.52 Å². The van der Waals surface area contributed by atoms with Gasteiger partial charge in [0, 0.05) is 18.7 Å². The molecule has 0 spiro atoms. The molecule has 1 aromatic carbocycles. The molecule has 150 valence electrons. The number of benzene rings is 1. The number of alkyl halides is 3. The van der Waals surface area contributed by atoms with Gasteiger partial charge in [0.15, 0.2) is 0 Å². The van der Waals surface area contributed by atoms with Crippen LogP contribution in [-0.4, -0.2) is 41.5 Å². The standard InChI is InChI=1S/C19H20F3N3O3/c1-12-16(18(27)23-11-15(26)25-9-3-2-4-10-25)17(24-28-12)13-5-7-14(8-6-13)19(20,21)22/h5-8H,2-4,9-11H2,1H3,(H,23,27). The van der Waals surface area contributed by atoms with Gasteiger partial charge < -0.3 is 14.7 Å². The fourth-order valence-corrected chi connectivity index (χ4v) is 3.15. The van der Waals surface area contributed by atoms with Gasteiger partial charge in [0.1, 0.15) is 17.0 Å². The van der Waals surface area contributed by atoms with E-state index >= 15 is 0 Å². The number of hydrogen-bond acceptors (Lipinski definition) is 4. The molecule has 0 atom stereocenters. The highest BCUT2D eigenvalue weighted by atomic mass is 19.4. The molecule has 2 aromatic rings. The second-order valence-electron chi connectivity index (χ2n) is 6.66. The van der Waals surface area contributed by atoms with E-state index in [0.717, 1.165) is 31.4 Å². The summed E-state index contributed by atoms with van der Waals surface area (Å²) in [7, 11) is 0. The van der Waals surface area contributed by atoms with Crippen LogP contribution in [0.4, 0.5) is 13.2 Å². The first kappa shape index (κ1) is 19.9. The van der Waals surface area contributed by atoms with Gasteiger partial charge in [0.25, 0.3) is 5.91 Å². The van der Waals surface area contributed by atoms with Crippen LogP contribution in [0.25, 0.3) is 11.3 Å². The van der Waals surface area contributed by atoms with Crippen LogP contribution in [-0.2, 0) is 11.0 Å². The molecular weight excluding hydrogens is 375 g/mol. The van der Waals surface area contributed by atoms with Crippen LogP contribution in [0.5, 0.6) is 0 Å². The number of carbonyl (C=O) groups excluding carboxylic acids is 2. The molecule has 9 heteroatoms. The highest BCUT2D eigenvalue weighted by Crippen LogP contribution is 2.32. The predicted molar refractivity (Wildman–Crippen MR) is 94.4 cm³/mol. The SMILES string of the molecule is Cc1onc(-c2ccc(C(F)(F)F)cc2)c1C(=O)NCC(=O)N1CCCCC1. The molecule has 1 aliphatic heterocycles. The van der Waals surface area contributed by atoms with Crippen molar-refractivity contribution in [3.63, 3.8) is 0 Å². The van der Waals surface area contributed by atoms with Crippen molar-refractivity contribution in [2.24, 2.45) is 0 Å². The average Bonchev–Trinajstić information content (AvgIpc) is 3.07. The third-order valence-corrected chi connectivity index (χ3v) is 4.68. The second kappa shape index (κ2) is 8.04. The van der Waals surface area contributed by atoms with E-state index in [1.165, 1.54) is 19.1 Å². The molecule has 2 amide bonds. The van der Waals surface area contributed by atoms with Gasteiger partial charge in [-0.1, -0.05) is 17.3 Å². The van der Waals surface area contributed by atoms with Crippen molar-refractivity contribution in [3.05, 3.63) is 41.2 Å². The maximum absolute atomic E-state index is 12.7. The first-order valence-corrected chi connectivity index (χ1v) is 8.97. The number of nitrogens with one attached hydrogen (secondary N) is 1. The lowest BCUT2D eigenvalue weighted by Gasteiger charge is -2.26. The van der Waals surface area contributed by atoms with E-state index in [2.05, 4.69) is 10.5 Å². The minimum absolute atomic E-state index is 0.103. The van der Waals surface area contributed by atoms with Crippen molar-refractivity contribution in [3.8, 4) is 11.3 Å². The number of nitrogens with zero attached hydrogens (tertiary/aromatic N) is 2. The number of carbonyl (C=O) groups is 2. The van der Waals surface area contributed by atoms with Crippen molar-refractivity contribution in [2.45, 2.75) is 32.4 Å². The van der Waals surface area contributed by atoms with E-state index in [-0.39, 0.29) is 29.5 Å². The summed E-state index contributed by atoms with van der Waals surface area (Å²) in [6, 6.07) is 4.30. The minimum Gasteiger partial charge on any atom is -0.360 e. The van der Waals surface area contributed by atoms with Crippen LogP contribution in [0.3, 0.4) is 0 Å². The van der Waals surface area contributed by atoms with E-state index in [9.17, 15) is 22.8 Å². The highest BCUT2D eigenvalue weighted by Gasteiger charge is 2.30. The van der Waals surface area contributed by atoms with Crippen molar-refractivity contribution >= 4 is 11.8 Å². The van der Waals surface area contributed by atoms with E-state index in [0.29, 0.717) is 18.7 Å². The lowest BCUT2D eigenvalue weighted by atomic mass is 10.0. The molecule has 1 aliphatic rings. The van der Waals surface area contributed by atoms with Gasteiger partial charge in [-0.2, -0.15) is 13.2 Å². The molecule has 6 nitrogen and oxygen atoms in total. The maximum Gasteiger partial charge on any atom is 0.416 e. The number of hydrogen-bond donors (Lipinski definition) is 1. The molecule has 1 N–H and O–H groups in total. The molecule has 0 aliphatic carbocycles. The summed E-state index contributed by atoms with van der Waals surface area (Å²) < 4.78 is 43.3. The number of likely N-dealkylation sites (tertiary alicyclic amines) is 1. The molecule has 0 radical (unpaired) electrons. The van der Waals surface area contributed by atoms with Crippen molar-refractivity contribution in [1.29, 1.82) is 0 Å². The third kappa shape index (κ3) is 4.35. The fraction of sp³-hybridized carbons (Fsp3) is 0.421. The van der Waals surface area contributed by atoms with Crippen molar-refractivity contribution in [1.82, 2.24) is 15.4 Å². The lowest BCUT2D eigenvalue weighted by Crippen LogP contribution is -2.42. The van der Waals surface area contributed by atoms with Crippen LogP contribution in [0.2, 0.25) is 0 Å². The monoisotopic (exact) mass is 395 g/mol. The van der Waals surface area contributed by atoms with Gasteiger partial charge in [-0.3, -0.25) is 9.59 Å². The number of halogens is 3. The van der Waals surface area contributed by atoms with Gasteiger partial charge in [-0.15, -0.1) is 0 Å². The quantitative estimate of drug-likeness (QED) is 0.861. The third-order valence-electron chi connectivity index (χ3n) is 4.68. The Morgan fingerprint density at radius 1 is 1.14 bits per heavy atom. The summed E-state index contributed by atoms with van der Waals surface area (Å²) in [6.07, 6.45) is -1.47. The van der Waals surface area contributed by atoms with Gasteiger partial charge in [0.2, 0.25) is 5.91 Å². The van der Waals surface area contributed by atoms with Crippen LogP contribution in [0.15, 0.2) is 28.8 Å². The molecular formula is C19H20F3N3O3. The zero-order chi connectivity index (χ0) is 20.3. The van der Waals surface area contributed by atoms with Gasteiger partial charge in [-0.25, -0.2) is 0 Å². The molecule has 28 heavy (non-hydrogen) atoms. The van der Waals surface area contributed by atoms with E-state index in [1.54, 1.807) is 4.90 Å². The summed E-state index contributed by atoms with van der Waals surface area (Å²) in [4.78, 5) is 26.5. The Bertz CT molecular complexity index is 854. The number of rotatable bonds is 4. The normalized spacial score (nSPS) is 14.8. The predicted octanol–water partition coefficient (Wildman–Crippen LogP) is 3.41. The van der Waals surface area contributed by atoms with Gasteiger partial charge in [0.05, 0.1) is 12.1 Å². The van der Waals surface area contributed by atoms with Crippen LogP contribution >= 0.6 is 0 Å². The number of aromatic nitrogens is 1. The second-order valence-corrected chi connectivity index (χ2v) is 6.66. The maximum atomic E-state index is 12.7. The Morgan fingerprint density at radius 2 is 1.79 bits per heavy atom. The number of aryl methyl sites for hydroxylation is 1. The molecule has 0 unspecified atom stereocenters. The van der Waals surface area contributed by atoms with Gasteiger partial charge >= 0.3 is 6.18 Å². The zero-order valence-corrected chi connectivity index (χ0v) is 15.3. The molecule has 2 heterocycles. The zero-order valence-electron chi connectivity index (χ0n) is 15.3. The molecule has 3 rings (SSSR count). The molecule has 0 saturated carbocycles. The first-order valence-electron chi connectivity index (χ1n) is 8.97. The van der Waals surface area contributed by atoms with Gasteiger partial charge in [-0.05, 0) is 38.3 Å². The molecule has 0 bridgehead atoms. The Morgan fingerprint density at radius 3 is 2.39 bits per heavy atom. The largest absolute Gasteiger partial charge is 0.416 e. The molecule has 1 fully saturated rings. The van der Waals surface area contributed by atoms with E-state index in [1.807, 2.05) is 0 Å². The Balaban J connectivity index is 1.73. The summed E-state index contributed by atoms with van der Waals surface area (Å²) in [5.74, 6) is -0.505. The minimum atomic E-state index is -4.45. The van der Waals surface area contributed by atoms with Crippen molar-refractivity contribution in [2.75, 3.05) is 19.6 Å². The first-order chi connectivity index (χ1) is 13.3. The summed E-state index contributed by atoms with van der Waals surface area (Å²) in [5.41, 5.74) is -0.243. The summed E-state index contributed by atoms with van der Waals surface area (Å²) in [5, 5.41) is 6.36. The Labute approximate surface area is 159 Å². The average molecular weight is 395 g/mol. The molecule has 1 aromatic heterocycles. The number of amides is 2. The van der Waals surface area contributed by atoms with E-state index < -0.39 is 17.6 Å². The lowest BCUT2D eigenvalue weighted by molar-refractivity contribution is -0.137. The Kier molecular flexibility index (Phi) is 5.71.